The Morgan fingerprint density at radius 1 is 1.24 bits per heavy atom. The molecule has 0 saturated carbocycles. The third-order valence-corrected chi connectivity index (χ3v) is 6.52. The summed E-state index contributed by atoms with van der Waals surface area (Å²) in [6, 6.07) is 11.3. The molecule has 1 saturated heterocycles. The number of nitrogens with one attached hydrogen (secondary N) is 1. The normalized spacial score (nSPS) is 18.9. The van der Waals surface area contributed by atoms with Crippen LogP contribution in [-0.2, 0) is 10.0 Å². The number of imidazole rings is 1. The molecule has 2 aromatic carbocycles. The number of rotatable bonds is 3. The minimum atomic E-state index is -3.93. The van der Waals surface area contributed by atoms with Gasteiger partial charge in [0, 0.05) is 6.54 Å². The molecule has 0 aliphatic carbocycles. The second-order valence-corrected chi connectivity index (χ2v) is 8.21. The Morgan fingerprint density at radius 2 is 2.04 bits per heavy atom. The van der Waals surface area contributed by atoms with E-state index in [2.05, 4.69) is 9.97 Å². The zero-order valence-electron chi connectivity index (χ0n) is 13.7. The maximum atomic E-state index is 14.2. The zero-order chi connectivity index (χ0) is 17.6. The SMILES string of the molecule is Cc1ccc(F)c(S(=O)(=O)N2CCCC2c2nc3ccccc3[nH]2)c1. The van der Waals surface area contributed by atoms with Gasteiger partial charge in [-0.2, -0.15) is 4.31 Å². The van der Waals surface area contributed by atoms with E-state index in [-0.39, 0.29) is 4.90 Å². The lowest BCUT2D eigenvalue weighted by molar-refractivity contribution is 0.383. The molecule has 1 fully saturated rings. The van der Waals surface area contributed by atoms with Crippen molar-refractivity contribution in [1.29, 1.82) is 0 Å². The molecule has 1 aliphatic rings. The Balaban J connectivity index is 1.77. The summed E-state index contributed by atoms with van der Waals surface area (Å²) in [5.74, 6) is -0.115. The van der Waals surface area contributed by atoms with E-state index in [1.165, 1.54) is 16.4 Å². The fraction of sp³-hybridized carbons (Fsp3) is 0.278. The van der Waals surface area contributed by atoms with Crippen molar-refractivity contribution in [2.45, 2.75) is 30.7 Å². The van der Waals surface area contributed by atoms with Gasteiger partial charge in [-0.3, -0.25) is 0 Å². The molecule has 1 atom stereocenters. The highest BCUT2D eigenvalue weighted by molar-refractivity contribution is 7.89. The van der Waals surface area contributed by atoms with Gasteiger partial charge in [-0.05, 0) is 49.6 Å². The van der Waals surface area contributed by atoms with Crippen molar-refractivity contribution in [3.63, 3.8) is 0 Å². The van der Waals surface area contributed by atoms with Crippen LogP contribution in [0.4, 0.5) is 4.39 Å². The quantitative estimate of drug-likeness (QED) is 0.778. The molecule has 0 bridgehead atoms. The molecule has 130 valence electrons. The highest BCUT2D eigenvalue weighted by Crippen LogP contribution is 2.36. The number of halogens is 1. The number of hydrogen-bond donors (Lipinski definition) is 1. The number of aromatic nitrogens is 2. The summed E-state index contributed by atoms with van der Waals surface area (Å²) in [5.41, 5.74) is 2.37. The first kappa shape index (κ1) is 16.2. The Labute approximate surface area is 145 Å². The van der Waals surface area contributed by atoms with E-state index in [9.17, 15) is 12.8 Å². The minimum absolute atomic E-state index is 0.268. The lowest BCUT2D eigenvalue weighted by Crippen LogP contribution is -2.31. The number of fused-ring (bicyclic) bond motifs is 1. The Bertz CT molecular complexity index is 1010. The molecule has 1 aliphatic heterocycles. The molecule has 5 nitrogen and oxygen atoms in total. The first-order chi connectivity index (χ1) is 12.0. The van der Waals surface area contributed by atoms with Crippen molar-refractivity contribution in [3.8, 4) is 0 Å². The van der Waals surface area contributed by atoms with E-state index in [0.717, 1.165) is 11.0 Å². The van der Waals surface area contributed by atoms with Crippen molar-refractivity contribution >= 4 is 21.1 Å². The number of sulfonamides is 1. The molecule has 2 heterocycles. The summed E-state index contributed by atoms with van der Waals surface area (Å²) in [4.78, 5) is 7.47. The summed E-state index contributed by atoms with van der Waals surface area (Å²) < 4.78 is 41.7. The number of H-pyrrole nitrogens is 1. The molecule has 1 N–H and O–H groups in total. The van der Waals surface area contributed by atoms with Gasteiger partial charge in [0.1, 0.15) is 16.5 Å². The molecule has 3 aromatic rings. The molecule has 1 aromatic heterocycles. The second kappa shape index (κ2) is 5.93. The van der Waals surface area contributed by atoms with Gasteiger partial charge in [-0.1, -0.05) is 18.2 Å². The van der Waals surface area contributed by atoms with Crippen LogP contribution < -0.4 is 0 Å². The van der Waals surface area contributed by atoms with Gasteiger partial charge in [0.15, 0.2) is 0 Å². The molecule has 0 amide bonds. The molecule has 4 rings (SSSR count). The van der Waals surface area contributed by atoms with Crippen molar-refractivity contribution in [2.75, 3.05) is 6.54 Å². The number of nitrogens with zero attached hydrogens (tertiary/aromatic N) is 2. The summed E-state index contributed by atoms with van der Waals surface area (Å²) in [7, 11) is -3.93. The third-order valence-electron chi connectivity index (χ3n) is 4.60. The number of para-hydroxylation sites is 2. The standard InChI is InChI=1S/C18H18FN3O2S/c1-12-8-9-13(19)17(11-12)25(23,24)22-10-4-7-16(22)18-20-14-5-2-3-6-15(14)21-18/h2-3,5-6,8-9,11,16H,4,7,10H2,1H3,(H,20,21). The second-order valence-electron chi connectivity index (χ2n) is 6.35. The first-order valence-corrected chi connectivity index (χ1v) is 9.63. The average molecular weight is 359 g/mol. The van der Waals surface area contributed by atoms with E-state index in [1.54, 1.807) is 13.0 Å². The summed E-state index contributed by atoms with van der Waals surface area (Å²) in [6.45, 7) is 2.11. The number of hydrogen-bond acceptors (Lipinski definition) is 3. The molecule has 0 radical (unpaired) electrons. The lowest BCUT2D eigenvalue weighted by atomic mass is 10.2. The predicted molar refractivity (Wildman–Crippen MR) is 93.1 cm³/mol. The van der Waals surface area contributed by atoms with Gasteiger partial charge < -0.3 is 4.98 Å². The highest BCUT2D eigenvalue weighted by atomic mass is 32.2. The molecule has 0 spiro atoms. The van der Waals surface area contributed by atoms with Crippen LogP contribution >= 0.6 is 0 Å². The number of aromatic amines is 1. The lowest BCUT2D eigenvalue weighted by Gasteiger charge is -2.23. The smallest absolute Gasteiger partial charge is 0.246 e. The van der Waals surface area contributed by atoms with Crippen molar-refractivity contribution in [3.05, 3.63) is 59.7 Å². The van der Waals surface area contributed by atoms with Gasteiger partial charge in [0.05, 0.1) is 17.1 Å². The van der Waals surface area contributed by atoms with Crippen LogP contribution in [0.5, 0.6) is 0 Å². The van der Waals surface area contributed by atoms with E-state index in [1.807, 2.05) is 24.3 Å². The van der Waals surface area contributed by atoms with Gasteiger partial charge in [0.2, 0.25) is 10.0 Å². The molecular weight excluding hydrogens is 341 g/mol. The summed E-state index contributed by atoms with van der Waals surface area (Å²) >= 11 is 0. The molecule has 1 unspecified atom stereocenters. The topological polar surface area (TPSA) is 66.1 Å². The van der Waals surface area contributed by atoms with E-state index < -0.39 is 21.9 Å². The molecular formula is C18H18FN3O2S. The molecule has 25 heavy (non-hydrogen) atoms. The average Bonchev–Trinajstić information content (AvgIpc) is 3.23. The van der Waals surface area contributed by atoms with E-state index >= 15 is 0 Å². The van der Waals surface area contributed by atoms with Crippen molar-refractivity contribution in [2.24, 2.45) is 0 Å². The van der Waals surface area contributed by atoms with Crippen LogP contribution in [0.2, 0.25) is 0 Å². The summed E-state index contributed by atoms with van der Waals surface area (Å²) in [6.07, 6.45) is 1.38. The van der Waals surface area contributed by atoms with Gasteiger partial charge in [-0.15, -0.1) is 0 Å². The fourth-order valence-electron chi connectivity index (χ4n) is 3.37. The van der Waals surface area contributed by atoms with Crippen molar-refractivity contribution in [1.82, 2.24) is 14.3 Å². The maximum Gasteiger partial charge on any atom is 0.246 e. The summed E-state index contributed by atoms with van der Waals surface area (Å²) in [5, 5.41) is 0. The Morgan fingerprint density at radius 3 is 2.84 bits per heavy atom. The first-order valence-electron chi connectivity index (χ1n) is 8.19. The van der Waals surface area contributed by atoms with Gasteiger partial charge >= 0.3 is 0 Å². The third kappa shape index (κ3) is 2.73. The van der Waals surface area contributed by atoms with Crippen LogP contribution in [0, 0.1) is 12.7 Å². The van der Waals surface area contributed by atoms with Gasteiger partial charge in [-0.25, -0.2) is 17.8 Å². The largest absolute Gasteiger partial charge is 0.341 e. The minimum Gasteiger partial charge on any atom is -0.341 e. The number of benzene rings is 2. The zero-order valence-corrected chi connectivity index (χ0v) is 14.6. The van der Waals surface area contributed by atoms with Crippen LogP contribution in [0.3, 0.4) is 0 Å². The van der Waals surface area contributed by atoms with Crippen LogP contribution in [0.1, 0.15) is 30.3 Å². The van der Waals surface area contributed by atoms with Crippen LogP contribution in [0.15, 0.2) is 47.4 Å². The van der Waals surface area contributed by atoms with Crippen LogP contribution in [-0.4, -0.2) is 29.2 Å². The van der Waals surface area contributed by atoms with Crippen molar-refractivity contribution < 1.29 is 12.8 Å². The predicted octanol–water partition coefficient (Wildman–Crippen LogP) is 3.54. The van der Waals surface area contributed by atoms with Gasteiger partial charge in [0.25, 0.3) is 0 Å². The maximum absolute atomic E-state index is 14.2. The molecule has 7 heteroatoms. The highest BCUT2D eigenvalue weighted by Gasteiger charge is 2.39. The Kier molecular flexibility index (Phi) is 3.85. The fourth-order valence-corrected chi connectivity index (χ4v) is 5.18. The Hall–Kier alpha value is -2.25. The van der Waals surface area contributed by atoms with Crippen LogP contribution in [0.25, 0.3) is 11.0 Å². The monoisotopic (exact) mass is 359 g/mol. The number of aryl methyl sites for hydroxylation is 1. The van der Waals surface area contributed by atoms with E-state index in [0.29, 0.717) is 30.8 Å². The van der Waals surface area contributed by atoms with E-state index in [4.69, 9.17) is 0 Å².